The van der Waals surface area contributed by atoms with Gasteiger partial charge in [-0.05, 0) is 56.4 Å². The Kier molecular flexibility index (Phi) is 5.81. The molecule has 0 amide bonds. The Morgan fingerprint density at radius 3 is 2.57 bits per heavy atom. The summed E-state index contributed by atoms with van der Waals surface area (Å²) in [5.41, 5.74) is 1.43. The molecule has 5 nitrogen and oxygen atoms in total. The average molecular weight is 386 g/mol. The molecule has 1 unspecified atom stereocenters. The second-order valence-corrected chi connectivity index (χ2v) is 9.04. The number of benzene rings is 1. The first-order valence-electron chi connectivity index (χ1n) is 11.0. The molecule has 1 aromatic carbocycles. The minimum Gasteiger partial charge on any atom is -0.487 e. The minimum atomic E-state index is -0.0194. The van der Waals surface area contributed by atoms with E-state index in [0.717, 1.165) is 43.9 Å². The molecule has 0 aromatic heterocycles. The van der Waals surface area contributed by atoms with Crippen LogP contribution >= 0.6 is 0 Å². The second-order valence-electron chi connectivity index (χ2n) is 9.04. The van der Waals surface area contributed by atoms with Crippen LogP contribution in [0.5, 0.6) is 5.75 Å². The highest BCUT2D eigenvalue weighted by Gasteiger charge is 2.43. The molecular formula is C23H35N3O2. The fourth-order valence-corrected chi connectivity index (χ4v) is 5.58. The van der Waals surface area contributed by atoms with Crippen LogP contribution in [0.4, 0.5) is 0 Å². The zero-order valence-electron chi connectivity index (χ0n) is 17.2. The van der Waals surface area contributed by atoms with Gasteiger partial charge in [-0.25, -0.2) is 0 Å². The van der Waals surface area contributed by atoms with Crippen LogP contribution in [0.25, 0.3) is 0 Å². The average Bonchev–Trinajstić information content (AvgIpc) is 3.35. The number of fused-ring (bicyclic) bond motifs is 1. The van der Waals surface area contributed by atoms with Crippen molar-refractivity contribution in [3.05, 3.63) is 29.8 Å². The first kappa shape index (κ1) is 19.6. The summed E-state index contributed by atoms with van der Waals surface area (Å²) in [4.78, 5) is 4.51. The van der Waals surface area contributed by atoms with Gasteiger partial charge in [0.25, 0.3) is 0 Å². The van der Waals surface area contributed by atoms with E-state index in [2.05, 4.69) is 39.9 Å². The maximum atomic E-state index is 9.51. The summed E-state index contributed by atoms with van der Waals surface area (Å²) in [7, 11) is 1.85. The van der Waals surface area contributed by atoms with E-state index in [4.69, 9.17) is 4.74 Å². The highest BCUT2D eigenvalue weighted by atomic mass is 16.5. The van der Waals surface area contributed by atoms with Gasteiger partial charge in [0, 0.05) is 32.2 Å². The van der Waals surface area contributed by atoms with Crippen LogP contribution < -0.4 is 15.4 Å². The fourth-order valence-electron chi connectivity index (χ4n) is 5.58. The van der Waals surface area contributed by atoms with E-state index in [0.29, 0.717) is 0 Å². The third-order valence-corrected chi connectivity index (χ3v) is 7.18. The van der Waals surface area contributed by atoms with Gasteiger partial charge in [0.1, 0.15) is 11.4 Å². The van der Waals surface area contributed by atoms with Gasteiger partial charge in [-0.2, -0.15) is 0 Å². The molecule has 2 aliphatic carbocycles. The van der Waals surface area contributed by atoms with E-state index >= 15 is 0 Å². The van der Waals surface area contributed by atoms with E-state index in [-0.39, 0.29) is 23.7 Å². The third kappa shape index (κ3) is 4.00. The highest BCUT2D eigenvalue weighted by Crippen LogP contribution is 2.47. The molecule has 0 saturated heterocycles. The summed E-state index contributed by atoms with van der Waals surface area (Å²) in [5, 5.41) is 16.8. The second kappa shape index (κ2) is 8.32. The van der Waals surface area contributed by atoms with Crippen LogP contribution in [0.1, 0.15) is 75.8 Å². The van der Waals surface area contributed by atoms with E-state index in [1.165, 1.54) is 44.1 Å². The lowest BCUT2D eigenvalue weighted by Gasteiger charge is -2.41. The summed E-state index contributed by atoms with van der Waals surface area (Å²) in [6.45, 7) is 1.15. The topological polar surface area (TPSA) is 65.9 Å². The molecular weight excluding hydrogens is 350 g/mol. The molecule has 0 bridgehead atoms. The number of guanidine groups is 1. The number of hydrogen-bond donors (Lipinski definition) is 3. The molecule has 3 aliphatic rings. The van der Waals surface area contributed by atoms with E-state index in [1.807, 2.05) is 7.05 Å². The number of rotatable bonds is 5. The summed E-state index contributed by atoms with van der Waals surface area (Å²) < 4.78 is 6.49. The molecule has 1 aromatic rings. The standard InChI is InChI=1S/C23H35N3O2/c1-24-21(25-17-22(14-15-27)10-4-5-11-22)26-19-16-23(12-6-7-13-23)28-20-9-3-2-8-18(19)20/h2-3,8-9,19,27H,4-7,10-17H2,1H3,(H2,24,25,26). The van der Waals surface area contributed by atoms with Crippen LogP contribution in [0.2, 0.25) is 0 Å². The molecule has 2 saturated carbocycles. The predicted octanol–water partition coefficient (Wildman–Crippen LogP) is 3.93. The maximum Gasteiger partial charge on any atom is 0.191 e. The quantitative estimate of drug-likeness (QED) is 0.531. The van der Waals surface area contributed by atoms with Crippen molar-refractivity contribution in [1.82, 2.24) is 10.6 Å². The van der Waals surface area contributed by atoms with E-state index in [1.54, 1.807) is 0 Å². The summed E-state index contributed by atoms with van der Waals surface area (Å²) >= 11 is 0. The third-order valence-electron chi connectivity index (χ3n) is 7.18. The van der Waals surface area contributed by atoms with Crippen molar-refractivity contribution < 1.29 is 9.84 Å². The molecule has 4 rings (SSSR count). The number of nitrogens with one attached hydrogen (secondary N) is 2. The molecule has 0 radical (unpaired) electrons. The maximum absolute atomic E-state index is 9.51. The van der Waals surface area contributed by atoms with Gasteiger partial charge in [-0.3, -0.25) is 4.99 Å². The van der Waals surface area contributed by atoms with Gasteiger partial charge >= 0.3 is 0 Å². The number of nitrogens with zero attached hydrogens (tertiary/aromatic N) is 1. The molecule has 28 heavy (non-hydrogen) atoms. The van der Waals surface area contributed by atoms with Crippen LogP contribution in [0, 0.1) is 5.41 Å². The van der Waals surface area contributed by atoms with E-state index in [9.17, 15) is 5.11 Å². The Morgan fingerprint density at radius 1 is 1.14 bits per heavy atom. The van der Waals surface area contributed by atoms with Crippen molar-refractivity contribution in [3.8, 4) is 5.75 Å². The number of aliphatic hydroxyl groups is 1. The van der Waals surface area contributed by atoms with Crippen LogP contribution in [-0.4, -0.2) is 36.9 Å². The highest BCUT2D eigenvalue weighted by molar-refractivity contribution is 5.80. The van der Waals surface area contributed by atoms with Crippen molar-refractivity contribution in [3.63, 3.8) is 0 Å². The lowest BCUT2D eigenvalue weighted by atomic mass is 9.83. The van der Waals surface area contributed by atoms with Crippen LogP contribution in [-0.2, 0) is 0 Å². The molecule has 2 fully saturated rings. The molecule has 154 valence electrons. The lowest BCUT2D eigenvalue weighted by Crippen LogP contribution is -2.48. The number of aliphatic hydroxyl groups excluding tert-OH is 1. The number of para-hydroxylation sites is 1. The Bertz CT molecular complexity index is 691. The van der Waals surface area contributed by atoms with Gasteiger partial charge in [0.15, 0.2) is 5.96 Å². The monoisotopic (exact) mass is 385 g/mol. The number of ether oxygens (including phenoxy) is 1. The van der Waals surface area contributed by atoms with Crippen molar-refractivity contribution >= 4 is 5.96 Å². The number of aliphatic imine (C=N–C) groups is 1. The zero-order valence-corrected chi connectivity index (χ0v) is 17.2. The SMILES string of the molecule is CN=C(NCC1(CCO)CCCC1)NC1CC2(CCCC2)Oc2ccccc21. The smallest absolute Gasteiger partial charge is 0.191 e. The molecule has 1 spiro atoms. The molecule has 1 heterocycles. The van der Waals surface area contributed by atoms with Crippen LogP contribution in [0.3, 0.4) is 0 Å². The van der Waals surface area contributed by atoms with E-state index < -0.39 is 0 Å². The number of hydrogen-bond acceptors (Lipinski definition) is 3. The van der Waals surface area contributed by atoms with Gasteiger partial charge < -0.3 is 20.5 Å². The molecule has 3 N–H and O–H groups in total. The van der Waals surface area contributed by atoms with Gasteiger partial charge in [-0.15, -0.1) is 0 Å². The normalized spacial score (nSPS) is 25.4. The van der Waals surface area contributed by atoms with Crippen LogP contribution in [0.15, 0.2) is 29.3 Å². The first-order valence-corrected chi connectivity index (χ1v) is 11.0. The van der Waals surface area contributed by atoms with Gasteiger partial charge in [0.2, 0.25) is 0 Å². The van der Waals surface area contributed by atoms with Gasteiger partial charge in [-0.1, -0.05) is 31.0 Å². The van der Waals surface area contributed by atoms with Crippen molar-refractivity contribution in [2.45, 2.75) is 75.9 Å². The molecule has 1 aliphatic heterocycles. The zero-order chi connectivity index (χ0) is 19.5. The lowest BCUT2D eigenvalue weighted by molar-refractivity contribution is 0.0395. The van der Waals surface area contributed by atoms with Gasteiger partial charge in [0.05, 0.1) is 6.04 Å². The Hall–Kier alpha value is -1.75. The Labute approximate surface area is 169 Å². The fraction of sp³-hybridized carbons (Fsp3) is 0.696. The summed E-state index contributed by atoms with van der Waals surface area (Å²) in [5.74, 6) is 1.88. The van der Waals surface area contributed by atoms with Crippen molar-refractivity contribution in [1.29, 1.82) is 0 Å². The van der Waals surface area contributed by atoms with Crippen molar-refractivity contribution in [2.75, 3.05) is 20.2 Å². The largest absolute Gasteiger partial charge is 0.487 e. The predicted molar refractivity (Wildman–Crippen MR) is 113 cm³/mol. The molecule has 1 atom stereocenters. The summed E-state index contributed by atoms with van der Waals surface area (Å²) in [6.07, 6.45) is 11.6. The molecule has 5 heteroatoms. The van der Waals surface area contributed by atoms with Crippen molar-refractivity contribution in [2.24, 2.45) is 10.4 Å². The Morgan fingerprint density at radius 2 is 1.86 bits per heavy atom. The summed E-state index contributed by atoms with van der Waals surface area (Å²) in [6, 6.07) is 8.65. The Balaban J connectivity index is 1.47. The minimum absolute atomic E-state index is 0.0194. The first-order chi connectivity index (χ1) is 13.7.